The standard InChI is InChI=1S/C23H30O3/c1-2-25-11-3-4-17-5-6-19-13-20(8-7-18(19)12-17)21-9-10-23(14-21)15-22(24)26-16-23/h3-4,7-8,13,17,21H,2,5-6,9-12,14-16H2,1H3/b4-3-/t17-,21+,23+/m1/s1. The maximum Gasteiger partial charge on any atom is 0.306 e. The summed E-state index contributed by atoms with van der Waals surface area (Å²) in [6, 6.07) is 7.15. The molecular formula is C23H30O3. The number of carbonyl (C=O) groups excluding carboxylic acids is 1. The fraction of sp³-hybridized carbons (Fsp3) is 0.609. The zero-order valence-electron chi connectivity index (χ0n) is 15.8. The van der Waals surface area contributed by atoms with Gasteiger partial charge >= 0.3 is 5.97 Å². The third kappa shape index (κ3) is 3.73. The molecule has 3 nitrogen and oxygen atoms in total. The Labute approximate surface area is 156 Å². The number of esters is 1. The highest BCUT2D eigenvalue weighted by Gasteiger charge is 2.46. The molecule has 1 aliphatic heterocycles. The van der Waals surface area contributed by atoms with Gasteiger partial charge in [0.25, 0.3) is 0 Å². The smallest absolute Gasteiger partial charge is 0.306 e. The molecule has 1 saturated heterocycles. The molecule has 3 atom stereocenters. The van der Waals surface area contributed by atoms with Crippen LogP contribution in [0.5, 0.6) is 0 Å². The summed E-state index contributed by atoms with van der Waals surface area (Å²) in [5, 5.41) is 0. The van der Waals surface area contributed by atoms with E-state index in [1.165, 1.54) is 36.0 Å². The van der Waals surface area contributed by atoms with Crippen LogP contribution in [0.4, 0.5) is 0 Å². The monoisotopic (exact) mass is 354 g/mol. The summed E-state index contributed by atoms with van der Waals surface area (Å²) in [4.78, 5) is 11.5. The molecule has 1 aromatic carbocycles. The Bertz CT molecular complexity index is 693. The largest absolute Gasteiger partial charge is 0.465 e. The van der Waals surface area contributed by atoms with Crippen molar-refractivity contribution in [1.82, 2.24) is 0 Å². The van der Waals surface area contributed by atoms with E-state index in [0.717, 1.165) is 32.5 Å². The highest BCUT2D eigenvalue weighted by molar-refractivity contribution is 5.72. The molecule has 3 aliphatic rings. The molecule has 4 rings (SSSR count). The van der Waals surface area contributed by atoms with Crippen LogP contribution in [-0.2, 0) is 27.1 Å². The minimum atomic E-state index is -0.000441. The molecule has 3 heteroatoms. The summed E-state index contributed by atoms with van der Waals surface area (Å²) >= 11 is 0. The number of allylic oxidation sites excluding steroid dienone is 1. The van der Waals surface area contributed by atoms with Crippen LogP contribution >= 0.6 is 0 Å². The van der Waals surface area contributed by atoms with Crippen molar-refractivity contribution in [3.05, 3.63) is 47.0 Å². The van der Waals surface area contributed by atoms with Crippen LogP contribution in [0, 0.1) is 11.3 Å². The summed E-state index contributed by atoms with van der Waals surface area (Å²) in [5.74, 6) is 1.24. The molecule has 0 N–H and O–H groups in total. The lowest BCUT2D eigenvalue weighted by Gasteiger charge is -2.24. The molecule has 1 spiro atoms. The van der Waals surface area contributed by atoms with Crippen molar-refractivity contribution >= 4 is 5.97 Å². The van der Waals surface area contributed by atoms with Gasteiger partial charge in [-0.15, -0.1) is 0 Å². The maximum absolute atomic E-state index is 11.5. The Morgan fingerprint density at radius 3 is 3.04 bits per heavy atom. The zero-order valence-corrected chi connectivity index (χ0v) is 15.8. The second-order valence-electron chi connectivity index (χ2n) is 8.40. The van der Waals surface area contributed by atoms with Crippen LogP contribution in [0.2, 0.25) is 0 Å². The lowest BCUT2D eigenvalue weighted by atomic mass is 9.80. The third-order valence-corrected chi connectivity index (χ3v) is 6.56. The van der Waals surface area contributed by atoms with Crippen molar-refractivity contribution in [2.24, 2.45) is 11.3 Å². The minimum absolute atomic E-state index is 0.000441. The van der Waals surface area contributed by atoms with Gasteiger partial charge in [0, 0.05) is 12.0 Å². The van der Waals surface area contributed by atoms with Gasteiger partial charge in [0.05, 0.1) is 19.6 Å². The Balaban J connectivity index is 1.40. The van der Waals surface area contributed by atoms with Crippen LogP contribution in [-0.4, -0.2) is 25.8 Å². The first-order chi connectivity index (χ1) is 12.7. The van der Waals surface area contributed by atoms with Gasteiger partial charge in [-0.05, 0) is 74.0 Å². The quantitative estimate of drug-likeness (QED) is 0.441. The van der Waals surface area contributed by atoms with Gasteiger partial charge in [0.2, 0.25) is 0 Å². The number of ether oxygens (including phenoxy) is 2. The van der Waals surface area contributed by atoms with Crippen LogP contribution in [0.25, 0.3) is 0 Å². The zero-order chi connectivity index (χ0) is 18.0. The van der Waals surface area contributed by atoms with Gasteiger partial charge in [-0.25, -0.2) is 0 Å². The highest BCUT2D eigenvalue weighted by Crippen LogP contribution is 2.51. The van der Waals surface area contributed by atoms with Crippen LogP contribution < -0.4 is 0 Å². The molecule has 0 amide bonds. The number of aryl methyl sites for hydroxylation is 1. The number of carbonyl (C=O) groups is 1. The maximum atomic E-state index is 11.5. The van der Waals surface area contributed by atoms with Crippen molar-refractivity contribution in [3.8, 4) is 0 Å². The van der Waals surface area contributed by atoms with E-state index in [0.29, 0.717) is 24.9 Å². The lowest BCUT2D eigenvalue weighted by Crippen LogP contribution is -2.16. The number of hydrogen-bond donors (Lipinski definition) is 0. The van der Waals surface area contributed by atoms with E-state index in [1.807, 2.05) is 6.92 Å². The van der Waals surface area contributed by atoms with Gasteiger partial charge in [0.1, 0.15) is 0 Å². The van der Waals surface area contributed by atoms with E-state index in [2.05, 4.69) is 30.4 Å². The molecule has 2 fully saturated rings. The Kier molecular flexibility index (Phi) is 5.17. The summed E-state index contributed by atoms with van der Waals surface area (Å²) in [7, 11) is 0. The van der Waals surface area contributed by atoms with Crippen LogP contribution in [0.15, 0.2) is 30.4 Å². The molecule has 140 valence electrons. The number of hydrogen-bond acceptors (Lipinski definition) is 3. The van der Waals surface area contributed by atoms with Crippen molar-refractivity contribution in [2.75, 3.05) is 19.8 Å². The van der Waals surface area contributed by atoms with Crippen molar-refractivity contribution in [3.63, 3.8) is 0 Å². The summed E-state index contributed by atoms with van der Waals surface area (Å²) in [6.07, 6.45) is 12.1. The Morgan fingerprint density at radius 1 is 1.31 bits per heavy atom. The van der Waals surface area contributed by atoms with E-state index < -0.39 is 0 Å². The lowest BCUT2D eigenvalue weighted by molar-refractivity contribution is -0.137. The Morgan fingerprint density at radius 2 is 2.23 bits per heavy atom. The molecule has 26 heavy (non-hydrogen) atoms. The third-order valence-electron chi connectivity index (χ3n) is 6.56. The summed E-state index contributed by atoms with van der Waals surface area (Å²) in [5.41, 5.74) is 4.66. The molecule has 0 radical (unpaired) electrons. The molecule has 0 aromatic heterocycles. The SMILES string of the molecule is CCOC/C=C\[C@@H]1CCc2cc([C@H]3CC[C@]4(COC(=O)C4)C3)ccc2C1. The van der Waals surface area contributed by atoms with Gasteiger partial charge in [0.15, 0.2) is 0 Å². The number of rotatable bonds is 5. The van der Waals surface area contributed by atoms with Gasteiger partial charge in [-0.2, -0.15) is 0 Å². The predicted molar refractivity (Wildman–Crippen MR) is 102 cm³/mol. The second kappa shape index (κ2) is 7.56. The molecular weight excluding hydrogens is 324 g/mol. The van der Waals surface area contributed by atoms with Crippen molar-refractivity contribution in [1.29, 1.82) is 0 Å². The van der Waals surface area contributed by atoms with Crippen LogP contribution in [0.3, 0.4) is 0 Å². The molecule has 1 aromatic rings. The van der Waals surface area contributed by atoms with Gasteiger partial charge < -0.3 is 9.47 Å². The fourth-order valence-corrected chi connectivity index (χ4v) is 5.08. The number of benzene rings is 1. The van der Waals surface area contributed by atoms with Crippen LogP contribution in [0.1, 0.15) is 61.6 Å². The van der Waals surface area contributed by atoms with E-state index >= 15 is 0 Å². The first-order valence-corrected chi connectivity index (χ1v) is 10.2. The average Bonchev–Trinajstić information content (AvgIpc) is 3.24. The molecule has 2 aliphatic carbocycles. The normalized spacial score (nSPS) is 30.9. The van der Waals surface area contributed by atoms with Gasteiger partial charge in [-0.3, -0.25) is 4.79 Å². The van der Waals surface area contributed by atoms with E-state index in [9.17, 15) is 4.79 Å². The first-order valence-electron chi connectivity index (χ1n) is 10.2. The fourth-order valence-electron chi connectivity index (χ4n) is 5.08. The van der Waals surface area contributed by atoms with E-state index in [4.69, 9.17) is 9.47 Å². The minimum Gasteiger partial charge on any atom is -0.465 e. The van der Waals surface area contributed by atoms with Gasteiger partial charge in [-0.1, -0.05) is 30.4 Å². The van der Waals surface area contributed by atoms with E-state index in [-0.39, 0.29) is 11.4 Å². The summed E-state index contributed by atoms with van der Waals surface area (Å²) in [6.45, 7) is 4.19. The highest BCUT2D eigenvalue weighted by atomic mass is 16.5. The second-order valence-corrected chi connectivity index (χ2v) is 8.40. The Hall–Kier alpha value is -1.61. The molecule has 0 unspecified atom stereocenters. The summed E-state index contributed by atoms with van der Waals surface area (Å²) < 4.78 is 10.7. The van der Waals surface area contributed by atoms with Crippen molar-refractivity contribution in [2.45, 2.75) is 57.8 Å². The molecule has 1 heterocycles. The molecule has 1 saturated carbocycles. The number of cyclic esters (lactones) is 1. The number of fused-ring (bicyclic) bond motifs is 1. The molecule has 0 bridgehead atoms. The average molecular weight is 354 g/mol. The van der Waals surface area contributed by atoms with Crippen molar-refractivity contribution < 1.29 is 14.3 Å². The topological polar surface area (TPSA) is 35.5 Å². The van der Waals surface area contributed by atoms with E-state index in [1.54, 1.807) is 0 Å². The predicted octanol–water partition coefficient (Wildman–Crippen LogP) is 4.59. The first kappa shape index (κ1) is 17.8.